The van der Waals surface area contributed by atoms with Gasteiger partial charge in [0, 0.05) is 33.0 Å². The second-order valence-electron chi connectivity index (χ2n) is 14.3. The van der Waals surface area contributed by atoms with Gasteiger partial charge < -0.3 is 0 Å². The van der Waals surface area contributed by atoms with Crippen LogP contribution in [-0.4, -0.2) is 24.7 Å². The van der Waals surface area contributed by atoms with E-state index in [1.165, 1.54) is 10.8 Å². The lowest BCUT2D eigenvalue weighted by molar-refractivity contribution is 0.917. The maximum atomic E-state index is 5.40. The standard InChI is InChI=1S/C52H33N5/c1-3-15-36(16-4-1)46-33-41-21-11-12-22-45(41)49-47(46)48(37-17-5-2-6-18-37)56-57(49)44-29-27-38(28-30-44)50-53-51(42-25-23-34-13-7-9-19-39(34)31-42)55-52(54-50)43-26-24-35-14-8-10-20-40(35)32-43/h1-33H. The Morgan fingerprint density at radius 3 is 1.40 bits per heavy atom. The van der Waals surface area contributed by atoms with Crippen LogP contribution in [0.4, 0.5) is 0 Å². The molecule has 2 aromatic heterocycles. The van der Waals surface area contributed by atoms with Crippen LogP contribution < -0.4 is 0 Å². The van der Waals surface area contributed by atoms with Crippen LogP contribution in [0.1, 0.15) is 0 Å². The van der Waals surface area contributed by atoms with Gasteiger partial charge in [0.1, 0.15) is 5.69 Å². The number of nitrogens with zero attached hydrogens (tertiary/aromatic N) is 5. The molecular weight excluding hydrogens is 695 g/mol. The average molecular weight is 728 g/mol. The van der Waals surface area contributed by atoms with Gasteiger partial charge in [0.2, 0.25) is 0 Å². The van der Waals surface area contributed by atoms with Crippen LogP contribution in [0.25, 0.3) is 105 Å². The first kappa shape index (κ1) is 32.7. The molecule has 0 unspecified atom stereocenters. The second-order valence-corrected chi connectivity index (χ2v) is 14.3. The Morgan fingerprint density at radius 2 is 0.807 bits per heavy atom. The Bertz CT molecular complexity index is 3180. The molecule has 0 aliphatic heterocycles. The van der Waals surface area contributed by atoms with Crippen LogP contribution in [0.5, 0.6) is 0 Å². The number of hydrogen-bond acceptors (Lipinski definition) is 4. The van der Waals surface area contributed by atoms with Gasteiger partial charge in [-0.05, 0) is 80.5 Å². The van der Waals surface area contributed by atoms with Gasteiger partial charge in [-0.1, -0.05) is 158 Å². The summed E-state index contributed by atoms with van der Waals surface area (Å²) < 4.78 is 2.10. The summed E-state index contributed by atoms with van der Waals surface area (Å²) in [5, 5.41) is 13.4. The third-order valence-corrected chi connectivity index (χ3v) is 10.8. The Morgan fingerprint density at radius 1 is 0.333 bits per heavy atom. The first-order valence-electron chi connectivity index (χ1n) is 19.1. The van der Waals surface area contributed by atoms with E-state index in [0.29, 0.717) is 17.5 Å². The second kappa shape index (κ2) is 13.5. The maximum Gasteiger partial charge on any atom is 0.164 e. The molecule has 0 saturated carbocycles. The van der Waals surface area contributed by atoms with Crippen molar-refractivity contribution in [2.24, 2.45) is 0 Å². The Balaban J connectivity index is 1.09. The largest absolute Gasteiger partial charge is 0.232 e. The van der Waals surface area contributed by atoms with E-state index in [1.54, 1.807) is 0 Å². The molecule has 0 aliphatic carbocycles. The van der Waals surface area contributed by atoms with Crippen LogP contribution >= 0.6 is 0 Å². The first-order valence-corrected chi connectivity index (χ1v) is 19.1. The summed E-state index contributed by atoms with van der Waals surface area (Å²) in [7, 11) is 0. The average Bonchev–Trinajstić information content (AvgIpc) is 3.70. The molecule has 0 spiro atoms. The molecule has 11 rings (SSSR count). The van der Waals surface area contributed by atoms with Gasteiger partial charge in [-0.2, -0.15) is 5.10 Å². The smallest absolute Gasteiger partial charge is 0.164 e. The van der Waals surface area contributed by atoms with Gasteiger partial charge in [-0.25, -0.2) is 19.6 Å². The lowest BCUT2D eigenvalue weighted by Gasteiger charge is -2.12. The predicted octanol–water partition coefficient (Wildman–Crippen LogP) is 13.0. The minimum absolute atomic E-state index is 0.606. The van der Waals surface area contributed by atoms with Crippen molar-refractivity contribution in [2.45, 2.75) is 0 Å². The number of hydrogen-bond donors (Lipinski definition) is 0. The van der Waals surface area contributed by atoms with Crippen molar-refractivity contribution in [3.8, 4) is 62.2 Å². The van der Waals surface area contributed by atoms with Crippen LogP contribution in [-0.2, 0) is 0 Å². The first-order chi connectivity index (χ1) is 28.2. The summed E-state index contributed by atoms with van der Waals surface area (Å²) in [4.78, 5) is 15.3. The van der Waals surface area contributed by atoms with E-state index in [4.69, 9.17) is 20.1 Å². The van der Waals surface area contributed by atoms with Gasteiger partial charge in [-0.15, -0.1) is 0 Å². The molecule has 5 nitrogen and oxygen atoms in total. The van der Waals surface area contributed by atoms with Gasteiger partial charge in [0.05, 0.1) is 11.2 Å². The molecule has 266 valence electrons. The zero-order valence-electron chi connectivity index (χ0n) is 30.8. The molecule has 2 heterocycles. The van der Waals surface area contributed by atoms with Gasteiger partial charge >= 0.3 is 0 Å². The van der Waals surface area contributed by atoms with E-state index < -0.39 is 0 Å². The van der Waals surface area contributed by atoms with Crippen molar-refractivity contribution in [1.82, 2.24) is 24.7 Å². The maximum absolute atomic E-state index is 5.40. The van der Waals surface area contributed by atoms with E-state index in [-0.39, 0.29) is 0 Å². The topological polar surface area (TPSA) is 56.5 Å². The lowest BCUT2D eigenvalue weighted by Crippen LogP contribution is -2.01. The number of benzene rings is 9. The molecule has 11 aromatic rings. The Labute approximate surface area is 329 Å². The fourth-order valence-electron chi connectivity index (χ4n) is 7.99. The normalized spacial score (nSPS) is 11.5. The molecule has 0 bridgehead atoms. The Hall–Kier alpha value is -7.76. The highest BCUT2D eigenvalue weighted by atomic mass is 15.3. The third kappa shape index (κ3) is 5.81. The molecule has 0 aliphatic rings. The third-order valence-electron chi connectivity index (χ3n) is 10.8. The van der Waals surface area contributed by atoms with Crippen LogP contribution in [0.15, 0.2) is 200 Å². The number of aromatic nitrogens is 5. The van der Waals surface area contributed by atoms with Crippen molar-refractivity contribution >= 4 is 43.2 Å². The molecule has 0 fully saturated rings. The van der Waals surface area contributed by atoms with E-state index in [2.05, 4.69) is 199 Å². The minimum Gasteiger partial charge on any atom is -0.232 e. The van der Waals surface area contributed by atoms with Crippen molar-refractivity contribution in [2.75, 3.05) is 0 Å². The Kier molecular flexibility index (Phi) is 7.74. The van der Waals surface area contributed by atoms with Gasteiger partial charge in [0.15, 0.2) is 17.5 Å². The number of rotatable bonds is 6. The SMILES string of the molecule is c1ccc(-c2cc3ccccc3c3c2c(-c2ccccc2)nn3-c2ccc(-c3nc(-c4ccc5ccccc5c4)nc(-c4ccc5ccccc5c4)n3)cc2)cc1. The molecule has 0 amide bonds. The highest BCUT2D eigenvalue weighted by molar-refractivity contribution is 6.17. The fourth-order valence-corrected chi connectivity index (χ4v) is 7.99. The molecule has 5 heteroatoms. The highest BCUT2D eigenvalue weighted by Gasteiger charge is 2.21. The molecule has 0 radical (unpaired) electrons. The molecule has 0 N–H and O–H groups in total. The summed E-state index contributed by atoms with van der Waals surface area (Å²) >= 11 is 0. The van der Waals surface area contributed by atoms with Crippen LogP contribution in [0, 0.1) is 0 Å². The summed E-state index contributed by atoms with van der Waals surface area (Å²) in [6.45, 7) is 0. The minimum atomic E-state index is 0.606. The monoisotopic (exact) mass is 727 g/mol. The van der Waals surface area contributed by atoms with E-state index >= 15 is 0 Å². The van der Waals surface area contributed by atoms with Crippen LogP contribution in [0.2, 0.25) is 0 Å². The predicted molar refractivity (Wildman–Crippen MR) is 234 cm³/mol. The fraction of sp³-hybridized carbons (Fsp3) is 0. The number of fused-ring (bicyclic) bond motifs is 5. The summed E-state index contributed by atoms with van der Waals surface area (Å²) in [6.07, 6.45) is 0. The molecular formula is C52H33N5. The van der Waals surface area contributed by atoms with E-state index in [0.717, 1.165) is 77.2 Å². The summed E-state index contributed by atoms with van der Waals surface area (Å²) in [6, 6.07) is 69.9. The van der Waals surface area contributed by atoms with Crippen molar-refractivity contribution in [3.05, 3.63) is 200 Å². The molecule has 9 aromatic carbocycles. The quantitative estimate of drug-likeness (QED) is 0.171. The van der Waals surface area contributed by atoms with E-state index in [9.17, 15) is 0 Å². The zero-order valence-corrected chi connectivity index (χ0v) is 30.8. The van der Waals surface area contributed by atoms with Gasteiger partial charge in [-0.3, -0.25) is 0 Å². The van der Waals surface area contributed by atoms with E-state index in [1.807, 2.05) is 6.07 Å². The summed E-state index contributed by atoms with van der Waals surface area (Å²) in [5.41, 5.74) is 9.09. The van der Waals surface area contributed by atoms with Crippen molar-refractivity contribution in [3.63, 3.8) is 0 Å². The lowest BCUT2D eigenvalue weighted by atomic mass is 9.94. The van der Waals surface area contributed by atoms with Gasteiger partial charge in [0.25, 0.3) is 0 Å². The zero-order chi connectivity index (χ0) is 37.7. The molecule has 57 heavy (non-hydrogen) atoms. The van der Waals surface area contributed by atoms with Crippen molar-refractivity contribution < 1.29 is 0 Å². The van der Waals surface area contributed by atoms with Crippen LogP contribution in [0.3, 0.4) is 0 Å². The molecule has 0 saturated heterocycles. The highest BCUT2D eigenvalue weighted by Crippen LogP contribution is 2.42. The molecule has 0 atom stereocenters. The van der Waals surface area contributed by atoms with Crippen molar-refractivity contribution in [1.29, 1.82) is 0 Å². The summed E-state index contributed by atoms with van der Waals surface area (Å²) in [5.74, 6) is 1.86.